The van der Waals surface area contributed by atoms with Gasteiger partial charge in [0.25, 0.3) is 0 Å². The van der Waals surface area contributed by atoms with Gasteiger partial charge < -0.3 is 11.1 Å². The highest BCUT2D eigenvalue weighted by molar-refractivity contribution is 9.10. The van der Waals surface area contributed by atoms with E-state index in [2.05, 4.69) is 26.2 Å². The van der Waals surface area contributed by atoms with Crippen molar-refractivity contribution in [1.29, 1.82) is 0 Å². The molecule has 0 spiro atoms. The third-order valence-electron chi connectivity index (χ3n) is 2.51. The summed E-state index contributed by atoms with van der Waals surface area (Å²) in [5, 5.41) is 3.39. The molecule has 0 saturated heterocycles. The number of nitrogens with zero attached hydrogens (tertiary/aromatic N) is 1. The molecule has 88 valence electrons. The molecule has 2 rings (SSSR count). The van der Waals surface area contributed by atoms with E-state index in [0.717, 1.165) is 15.7 Å². The molecular weight excluding hydrogens is 278 g/mol. The van der Waals surface area contributed by atoms with E-state index in [1.165, 1.54) is 0 Å². The lowest BCUT2D eigenvalue weighted by Crippen LogP contribution is -2.20. The second-order valence-electron chi connectivity index (χ2n) is 3.73. The van der Waals surface area contributed by atoms with E-state index in [9.17, 15) is 0 Å². The quantitative estimate of drug-likeness (QED) is 0.911. The number of halogens is 1. The predicted octanol–water partition coefficient (Wildman–Crippen LogP) is 2.96. The molecule has 4 heteroatoms. The molecule has 0 amide bonds. The number of nitrogens with two attached hydrogens (primary N) is 1. The highest BCUT2D eigenvalue weighted by atomic mass is 79.9. The van der Waals surface area contributed by atoms with Crippen LogP contribution in [0.3, 0.4) is 0 Å². The average Bonchev–Trinajstić information content (AvgIpc) is 2.39. The Morgan fingerprint density at radius 3 is 2.59 bits per heavy atom. The molecule has 0 aliphatic carbocycles. The Morgan fingerprint density at radius 1 is 1.24 bits per heavy atom. The number of hydrogen-bond donors (Lipinski definition) is 2. The third kappa shape index (κ3) is 3.28. The summed E-state index contributed by atoms with van der Waals surface area (Å²) in [5.74, 6) is 0. The molecule has 3 nitrogen and oxygen atoms in total. The molecule has 0 fully saturated rings. The SMILES string of the molecule is NCC(Nc1ccc(Br)cc1)c1cccnc1. The molecule has 0 aliphatic rings. The molecule has 1 unspecified atom stereocenters. The Morgan fingerprint density at radius 2 is 2.00 bits per heavy atom. The smallest absolute Gasteiger partial charge is 0.0651 e. The largest absolute Gasteiger partial charge is 0.377 e. The first-order valence-corrected chi connectivity index (χ1v) is 6.21. The van der Waals surface area contributed by atoms with Crippen LogP contribution in [0.1, 0.15) is 11.6 Å². The van der Waals surface area contributed by atoms with Gasteiger partial charge in [-0.2, -0.15) is 0 Å². The second-order valence-corrected chi connectivity index (χ2v) is 4.64. The number of benzene rings is 1. The van der Waals surface area contributed by atoms with Crippen LogP contribution in [0.15, 0.2) is 53.3 Å². The van der Waals surface area contributed by atoms with E-state index in [0.29, 0.717) is 6.54 Å². The van der Waals surface area contributed by atoms with Crippen molar-refractivity contribution in [3.05, 3.63) is 58.8 Å². The Kier molecular flexibility index (Phi) is 4.12. The maximum Gasteiger partial charge on any atom is 0.0651 e. The lowest BCUT2D eigenvalue weighted by molar-refractivity contribution is 0.785. The molecule has 0 bridgehead atoms. The highest BCUT2D eigenvalue weighted by Crippen LogP contribution is 2.20. The van der Waals surface area contributed by atoms with Crippen molar-refractivity contribution in [3.63, 3.8) is 0 Å². The summed E-state index contributed by atoms with van der Waals surface area (Å²) >= 11 is 3.41. The van der Waals surface area contributed by atoms with Crippen LogP contribution in [0, 0.1) is 0 Å². The van der Waals surface area contributed by atoms with Gasteiger partial charge in [-0.3, -0.25) is 4.98 Å². The normalized spacial score (nSPS) is 12.1. The van der Waals surface area contributed by atoms with E-state index in [1.54, 1.807) is 6.20 Å². The first-order chi connectivity index (χ1) is 8.29. The minimum absolute atomic E-state index is 0.0878. The fourth-order valence-corrected chi connectivity index (χ4v) is 1.87. The van der Waals surface area contributed by atoms with Crippen LogP contribution < -0.4 is 11.1 Å². The fraction of sp³-hybridized carbons (Fsp3) is 0.154. The van der Waals surface area contributed by atoms with Crippen molar-refractivity contribution < 1.29 is 0 Å². The maximum absolute atomic E-state index is 5.78. The Hall–Kier alpha value is -1.39. The minimum Gasteiger partial charge on any atom is -0.377 e. The zero-order chi connectivity index (χ0) is 12.1. The topological polar surface area (TPSA) is 50.9 Å². The highest BCUT2D eigenvalue weighted by Gasteiger charge is 2.08. The molecule has 0 aliphatic heterocycles. The summed E-state index contributed by atoms with van der Waals surface area (Å²) in [4.78, 5) is 4.11. The third-order valence-corrected chi connectivity index (χ3v) is 3.04. The number of nitrogens with one attached hydrogen (secondary N) is 1. The lowest BCUT2D eigenvalue weighted by Gasteiger charge is -2.18. The van der Waals surface area contributed by atoms with Crippen LogP contribution >= 0.6 is 15.9 Å². The van der Waals surface area contributed by atoms with Crippen LogP contribution in [0.2, 0.25) is 0 Å². The van der Waals surface area contributed by atoms with Gasteiger partial charge in [0.15, 0.2) is 0 Å². The van der Waals surface area contributed by atoms with E-state index in [1.807, 2.05) is 42.6 Å². The summed E-state index contributed by atoms with van der Waals surface area (Å²) in [5.41, 5.74) is 7.93. The molecule has 0 radical (unpaired) electrons. The van der Waals surface area contributed by atoms with Crippen LogP contribution in [-0.4, -0.2) is 11.5 Å². The molecule has 3 N–H and O–H groups in total. The zero-order valence-electron chi connectivity index (χ0n) is 9.31. The summed E-state index contributed by atoms with van der Waals surface area (Å²) in [7, 11) is 0. The van der Waals surface area contributed by atoms with Crippen molar-refractivity contribution >= 4 is 21.6 Å². The first kappa shape index (κ1) is 12.1. The number of anilines is 1. The Bertz CT molecular complexity index is 456. The van der Waals surface area contributed by atoms with Crippen molar-refractivity contribution in [2.45, 2.75) is 6.04 Å². The van der Waals surface area contributed by atoms with Crippen molar-refractivity contribution in [2.75, 3.05) is 11.9 Å². The van der Waals surface area contributed by atoms with Crippen molar-refractivity contribution in [2.24, 2.45) is 5.73 Å². The van der Waals surface area contributed by atoms with Gasteiger partial charge >= 0.3 is 0 Å². The van der Waals surface area contributed by atoms with Crippen LogP contribution in [0.25, 0.3) is 0 Å². The van der Waals surface area contributed by atoms with Crippen molar-refractivity contribution in [1.82, 2.24) is 4.98 Å². The van der Waals surface area contributed by atoms with Gasteiger partial charge in [0.1, 0.15) is 0 Å². The Labute approximate surface area is 109 Å². The van der Waals surface area contributed by atoms with Gasteiger partial charge in [0.05, 0.1) is 6.04 Å². The second kappa shape index (κ2) is 5.80. The average molecular weight is 292 g/mol. The van der Waals surface area contributed by atoms with Gasteiger partial charge in [-0.25, -0.2) is 0 Å². The van der Waals surface area contributed by atoms with Gasteiger partial charge in [-0.15, -0.1) is 0 Å². The zero-order valence-corrected chi connectivity index (χ0v) is 10.9. The van der Waals surface area contributed by atoms with E-state index >= 15 is 0 Å². The van der Waals surface area contributed by atoms with Gasteiger partial charge in [0, 0.05) is 29.1 Å². The number of hydrogen-bond acceptors (Lipinski definition) is 3. The number of pyridine rings is 1. The molecule has 1 aromatic heterocycles. The number of rotatable bonds is 4. The van der Waals surface area contributed by atoms with E-state index < -0.39 is 0 Å². The number of aromatic nitrogens is 1. The van der Waals surface area contributed by atoms with Crippen LogP contribution in [0.4, 0.5) is 5.69 Å². The minimum atomic E-state index is 0.0878. The summed E-state index contributed by atoms with van der Waals surface area (Å²) in [6.07, 6.45) is 3.60. The Balaban J connectivity index is 2.13. The van der Waals surface area contributed by atoms with Gasteiger partial charge in [0.2, 0.25) is 0 Å². The molecular formula is C13H14BrN3. The standard InChI is InChI=1S/C13H14BrN3/c14-11-3-5-12(6-4-11)17-13(8-15)10-2-1-7-16-9-10/h1-7,9,13,17H,8,15H2. The van der Waals surface area contributed by atoms with Crippen molar-refractivity contribution in [3.8, 4) is 0 Å². The molecule has 1 heterocycles. The van der Waals surface area contributed by atoms with Crippen LogP contribution in [-0.2, 0) is 0 Å². The van der Waals surface area contributed by atoms with E-state index in [-0.39, 0.29) is 6.04 Å². The summed E-state index contributed by atoms with van der Waals surface area (Å²) < 4.78 is 1.06. The molecule has 1 aromatic carbocycles. The maximum atomic E-state index is 5.78. The van der Waals surface area contributed by atoms with Gasteiger partial charge in [-0.05, 0) is 35.9 Å². The summed E-state index contributed by atoms with van der Waals surface area (Å²) in [6.45, 7) is 0.530. The monoisotopic (exact) mass is 291 g/mol. The molecule has 17 heavy (non-hydrogen) atoms. The molecule has 2 aromatic rings. The molecule has 0 saturated carbocycles. The first-order valence-electron chi connectivity index (χ1n) is 5.41. The fourth-order valence-electron chi connectivity index (χ4n) is 1.61. The predicted molar refractivity (Wildman–Crippen MR) is 73.8 cm³/mol. The molecule has 1 atom stereocenters. The van der Waals surface area contributed by atoms with Gasteiger partial charge in [-0.1, -0.05) is 22.0 Å². The summed E-state index contributed by atoms with van der Waals surface area (Å²) in [6, 6.07) is 12.1. The lowest BCUT2D eigenvalue weighted by atomic mass is 10.1. The van der Waals surface area contributed by atoms with E-state index in [4.69, 9.17) is 5.73 Å². The van der Waals surface area contributed by atoms with Crippen LogP contribution in [0.5, 0.6) is 0 Å².